The van der Waals surface area contributed by atoms with Crippen LogP contribution in [0.2, 0.25) is 0 Å². The number of hydrogen-bond acceptors (Lipinski definition) is 3. The predicted molar refractivity (Wildman–Crippen MR) is 65.4 cm³/mol. The van der Waals surface area contributed by atoms with Gasteiger partial charge in [0.05, 0.1) is 24.7 Å². The van der Waals surface area contributed by atoms with Crippen molar-refractivity contribution in [1.82, 2.24) is 5.32 Å². The monoisotopic (exact) mass is 225 g/mol. The SMILES string of the molecule is CCCNC(c1ccoc1)C(CC)OCC. The zero-order valence-corrected chi connectivity index (χ0v) is 10.5. The van der Waals surface area contributed by atoms with E-state index in [2.05, 4.69) is 19.2 Å². The van der Waals surface area contributed by atoms with Crippen LogP contribution in [-0.2, 0) is 4.74 Å². The Labute approximate surface area is 98.2 Å². The Morgan fingerprint density at radius 2 is 2.19 bits per heavy atom. The molecule has 1 aromatic heterocycles. The maximum Gasteiger partial charge on any atom is 0.0951 e. The standard InChI is InChI=1S/C13H23NO2/c1-4-8-14-13(11-7-9-15-10-11)12(5-2)16-6-3/h7,9-10,12-14H,4-6,8H2,1-3H3. The molecule has 1 N–H and O–H groups in total. The lowest BCUT2D eigenvalue weighted by molar-refractivity contribution is 0.0313. The number of nitrogens with one attached hydrogen (secondary N) is 1. The molecule has 0 bridgehead atoms. The Morgan fingerprint density at radius 1 is 1.38 bits per heavy atom. The molecule has 16 heavy (non-hydrogen) atoms. The second-order valence-electron chi connectivity index (χ2n) is 3.89. The lowest BCUT2D eigenvalue weighted by Gasteiger charge is -2.26. The highest BCUT2D eigenvalue weighted by atomic mass is 16.5. The van der Waals surface area contributed by atoms with Gasteiger partial charge in [0.2, 0.25) is 0 Å². The summed E-state index contributed by atoms with van der Waals surface area (Å²) in [7, 11) is 0. The first-order valence-electron chi connectivity index (χ1n) is 6.20. The summed E-state index contributed by atoms with van der Waals surface area (Å²) in [5, 5.41) is 3.52. The molecule has 0 aliphatic rings. The van der Waals surface area contributed by atoms with Crippen LogP contribution in [0, 0.1) is 0 Å². The van der Waals surface area contributed by atoms with E-state index in [-0.39, 0.29) is 12.1 Å². The Balaban J connectivity index is 2.68. The van der Waals surface area contributed by atoms with E-state index in [9.17, 15) is 0 Å². The van der Waals surface area contributed by atoms with E-state index in [1.54, 1.807) is 12.5 Å². The maximum atomic E-state index is 5.77. The highest BCUT2D eigenvalue weighted by Crippen LogP contribution is 2.22. The molecule has 3 heteroatoms. The normalized spacial score (nSPS) is 14.9. The number of hydrogen-bond donors (Lipinski definition) is 1. The number of furan rings is 1. The van der Waals surface area contributed by atoms with Crippen LogP contribution < -0.4 is 5.32 Å². The fourth-order valence-corrected chi connectivity index (χ4v) is 1.88. The van der Waals surface area contributed by atoms with Gasteiger partial charge in [0.1, 0.15) is 0 Å². The molecule has 1 heterocycles. The third-order valence-electron chi connectivity index (χ3n) is 2.67. The summed E-state index contributed by atoms with van der Waals surface area (Å²) in [6.07, 6.45) is 5.86. The summed E-state index contributed by atoms with van der Waals surface area (Å²) in [4.78, 5) is 0. The number of ether oxygens (including phenoxy) is 1. The van der Waals surface area contributed by atoms with Crippen molar-refractivity contribution in [2.45, 2.75) is 45.8 Å². The molecule has 92 valence electrons. The van der Waals surface area contributed by atoms with Crippen LogP contribution >= 0.6 is 0 Å². The largest absolute Gasteiger partial charge is 0.472 e. The third-order valence-corrected chi connectivity index (χ3v) is 2.67. The fourth-order valence-electron chi connectivity index (χ4n) is 1.88. The summed E-state index contributed by atoms with van der Waals surface area (Å²) < 4.78 is 10.9. The van der Waals surface area contributed by atoms with Gasteiger partial charge in [0.15, 0.2) is 0 Å². The van der Waals surface area contributed by atoms with E-state index >= 15 is 0 Å². The first-order chi connectivity index (χ1) is 7.83. The van der Waals surface area contributed by atoms with Crippen molar-refractivity contribution in [3.8, 4) is 0 Å². The summed E-state index contributed by atoms with van der Waals surface area (Å²) >= 11 is 0. The molecule has 0 spiro atoms. The van der Waals surface area contributed by atoms with Crippen LogP contribution in [0.4, 0.5) is 0 Å². The van der Waals surface area contributed by atoms with Crippen LogP contribution in [-0.4, -0.2) is 19.3 Å². The minimum absolute atomic E-state index is 0.217. The second-order valence-corrected chi connectivity index (χ2v) is 3.89. The van der Waals surface area contributed by atoms with Gasteiger partial charge in [-0.05, 0) is 32.4 Å². The van der Waals surface area contributed by atoms with Gasteiger partial charge in [0.25, 0.3) is 0 Å². The maximum absolute atomic E-state index is 5.77. The number of rotatable bonds is 8. The van der Waals surface area contributed by atoms with E-state index in [0.29, 0.717) is 0 Å². The van der Waals surface area contributed by atoms with Crippen LogP contribution in [0.25, 0.3) is 0 Å². The lowest BCUT2D eigenvalue weighted by atomic mass is 10.0. The average Bonchev–Trinajstić information content (AvgIpc) is 2.81. The van der Waals surface area contributed by atoms with Crippen molar-refractivity contribution in [2.75, 3.05) is 13.2 Å². The first-order valence-corrected chi connectivity index (χ1v) is 6.20. The Bertz CT molecular complexity index is 259. The molecule has 2 unspecified atom stereocenters. The molecular formula is C13H23NO2. The Kier molecular flexibility index (Phi) is 6.19. The molecule has 0 aromatic carbocycles. The van der Waals surface area contributed by atoms with Gasteiger partial charge in [-0.15, -0.1) is 0 Å². The molecule has 0 aliphatic carbocycles. The predicted octanol–water partition coefficient (Wildman–Crippen LogP) is 3.14. The minimum Gasteiger partial charge on any atom is -0.472 e. The second kappa shape index (κ2) is 7.47. The Morgan fingerprint density at radius 3 is 2.69 bits per heavy atom. The van der Waals surface area contributed by atoms with Gasteiger partial charge in [-0.3, -0.25) is 0 Å². The average molecular weight is 225 g/mol. The van der Waals surface area contributed by atoms with E-state index in [0.717, 1.165) is 26.0 Å². The molecule has 0 amide bonds. The van der Waals surface area contributed by atoms with Crippen LogP contribution in [0.5, 0.6) is 0 Å². The molecular weight excluding hydrogens is 202 g/mol. The fraction of sp³-hybridized carbons (Fsp3) is 0.692. The van der Waals surface area contributed by atoms with Gasteiger partial charge >= 0.3 is 0 Å². The zero-order valence-electron chi connectivity index (χ0n) is 10.5. The molecule has 3 nitrogen and oxygen atoms in total. The molecule has 0 saturated carbocycles. The van der Waals surface area contributed by atoms with E-state index < -0.39 is 0 Å². The molecule has 0 aliphatic heterocycles. The first kappa shape index (κ1) is 13.3. The van der Waals surface area contributed by atoms with Gasteiger partial charge in [-0.2, -0.15) is 0 Å². The van der Waals surface area contributed by atoms with Gasteiger partial charge in [-0.25, -0.2) is 0 Å². The van der Waals surface area contributed by atoms with Crippen molar-refractivity contribution in [3.05, 3.63) is 24.2 Å². The third kappa shape index (κ3) is 3.65. The van der Waals surface area contributed by atoms with Crippen LogP contribution in [0.15, 0.2) is 23.0 Å². The summed E-state index contributed by atoms with van der Waals surface area (Å²) in [6, 6.07) is 2.25. The van der Waals surface area contributed by atoms with Crippen molar-refractivity contribution in [1.29, 1.82) is 0 Å². The topological polar surface area (TPSA) is 34.4 Å². The Hall–Kier alpha value is -0.800. The minimum atomic E-state index is 0.217. The van der Waals surface area contributed by atoms with Gasteiger partial charge < -0.3 is 14.5 Å². The molecule has 0 saturated heterocycles. The lowest BCUT2D eigenvalue weighted by Crippen LogP contribution is -2.33. The molecule has 0 fully saturated rings. The van der Waals surface area contributed by atoms with E-state index in [1.807, 2.05) is 13.0 Å². The van der Waals surface area contributed by atoms with E-state index in [4.69, 9.17) is 9.15 Å². The van der Waals surface area contributed by atoms with Crippen molar-refractivity contribution in [2.24, 2.45) is 0 Å². The summed E-state index contributed by atoms with van der Waals surface area (Å²) in [5.74, 6) is 0. The molecule has 1 rings (SSSR count). The van der Waals surface area contributed by atoms with Crippen molar-refractivity contribution < 1.29 is 9.15 Å². The summed E-state index contributed by atoms with van der Waals surface area (Å²) in [5.41, 5.74) is 1.17. The smallest absolute Gasteiger partial charge is 0.0951 e. The van der Waals surface area contributed by atoms with Crippen molar-refractivity contribution in [3.63, 3.8) is 0 Å². The quantitative estimate of drug-likeness (QED) is 0.738. The van der Waals surface area contributed by atoms with E-state index in [1.165, 1.54) is 5.56 Å². The van der Waals surface area contributed by atoms with Crippen molar-refractivity contribution >= 4 is 0 Å². The van der Waals surface area contributed by atoms with Crippen LogP contribution in [0.1, 0.15) is 45.2 Å². The van der Waals surface area contributed by atoms with Gasteiger partial charge in [-0.1, -0.05) is 13.8 Å². The van der Waals surface area contributed by atoms with Crippen LogP contribution in [0.3, 0.4) is 0 Å². The highest BCUT2D eigenvalue weighted by molar-refractivity contribution is 5.13. The summed E-state index contributed by atoms with van der Waals surface area (Å²) in [6.45, 7) is 8.11. The molecule has 0 radical (unpaired) electrons. The highest BCUT2D eigenvalue weighted by Gasteiger charge is 2.22. The molecule has 1 aromatic rings. The zero-order chi connectivity index (χ0) is 11.8. The van der Waals surface area contributed by atoms with Gasteiger partial charge in [0, 0.05) is 12.2 Å². The molecule has 2 atom stereocenters.